The number of rotatable bonds is 5. The SMILES string of the molecule is Cc1ccc(-c2nnc(NC(=O)C3CCN(S(=O)(=O)c4cccs4)CC3)s2)cc1. The van der Waals surface area contributed by atoms with E-state index in [1.54, 1.807) is 17.5 Å². The zero-order chi connectivity index (χ0) is 20.4. The number of aromatic nitrogens is 2. The molecule has 0 bridgehead atoms. The van der Waals surface area contributed by atoms with Crippen LogP contribution in [0.2, 0.25) is 0 Å². The fraction of sp³-hybridized carbons (Fsp3) is 0.316. The molecule has 0 aliphatic carbocycles. The summed E-state index contributed by atoms with van der Waals surface area (Å²) in [5.41, 5.74) is 2.12. The molecule has 4 rings (SSSR count). The van der Waals surface area contributed by atoms with Crippen LogP contribution in [0.3, 0.4) is 0 Å². The van der Waals surface area contributed by atoms with Gasteiger partial charge in [-0.3, -0.25) is 4.79 Å². The molecular weight excluding hydrogens is 428 g/mol. The molecular formula is C19H20N4O3S3. The van der Waals surface area contributed by atoms with Crippen molar-refractivity contribution in [2.75, 3.05) is 18.4 Å². The van der Waals surface area contributed by atoms with Gasteiger partial charge in [0.15, 0.2) is 0 Å². The summed E-state index contributed by atoms with van der Waals surface area (Å²) in [6.45, 7) is 2.69. The summed E-state index contributed by atoms with van der Waals surface area (Å²) in [7, 11) is -3.46. The summed E-state index contributed by atoms with van der Waals surface area (Å²) in [6, 6.07) is 11.3. The molecule has 0 saturated carbocycles. The maximum atomic E-state index is 12.6. The number of sulfonamides is 1. The van der Waals surface area contributed by atoms with Gasteiger partial charge in [0, 0.05) is 24.6 Å². The van der Waals surface area contributed by atoms with Crippen molar-refractivity contribution in [1.29, 1.82) is 0 Å². The summed E-state index contributed by atoms with van der Waals surface area (Å²) in [6.07, 6.45) is 0.972. The first-order chi connectivity index (χ1) is 13.9. The van der Waals surface area contributed by atoms with Crippen LogP contribution in [-0.4, -0.2) is 41.9 Å². The standard InChI is InChI=1S/C19H20N4O3S3/c1-13-4-6-15(7-5-13)18-21-22-19(28-18)20-17(24)14-8-10-23(11-9-14)29(25,26)16-3-2-12-27-16/h2-7,12,14H,8-11H2,1H3,(H,20,22,24). The number of benzene rings is 1. The molecule has 1 fully saturated rings. The molecule has 1 amide bonds. The van der Waals surface area contributed by atoms with Crippen LogP contribution in [-0.2, 0) is 14.8 Å². The molecule has 2 aromatic heterocycles. The van der Waals surface area contributed by atoms with E-state index in [1.165, 1.54) is 32.5 Å². The third-order valence-electron chi connectivity index (χ3n) is 4.87. The predicted molar refractivity (Wildman–Crippen MR) is 115 cm³/mol. The minimum absolute atomic E-state index is 0.134. The lowest BCUT2D eigenvalue weighted by molar-refractivity contribution is -0.120. The lowest BCUT2D eigenvalue weighted by atomic mass is 9.97. The van der Waals surface area contributed by atoms with Crippen molar-refractivity contribution in [1.82, 2.24) is 14.5 Å². The Morgan fingerprint density at radius 3 is 2.52 bits per heavy atom. The van der Waals surface area contributed by atoms with Crippen LogP contribution in [0.15, 0.2) is 46.0 Å². The number of aryl methyl sites for hydroxylation is 1. The van der Waals surface area contributed by atoms with Gasteiger partial charge < -0.3 is 5.32 Å². The molecule has 1 aliphatic heterocycles. The maximum Gasteiger partial charge on any atom is 0.252 e. The number of nitrogens with one attached hydrogen (secondary N) is 1. The van der Waals surface area contributed by atoms with Gasteiger partial charge in [-0.25, -0.2) is 8.42 Å². The Hall–Kier alpha value is -2.14. The lowest BCUT2D eigenvalue weighted by Crippen LogP contribution is -2.41. The molecule has 1 saturated heterocycles. The summed E-state index contributed by atoms with van der Waals surface area (Å²) in [4.78, 5) is 12.6. The van der Waals surface area contributed by atoms with Crippen LogP contribution in [0, 0.1) is 12.8 Å². The van der Waals surface area contributed by atoms with Crippen LogP contribution in [0.4, 0.5) is 5.13 Å². The van der Waals surface area contributed by atoms with Crippen LogP contribution < -0.4 is 5.32 Å². The van der Waals surface area contributed by atoms with Crippen LogP contribution in [0.25, 0.3) is 10.6 Å². The third-order valence-corrected chi connectivity index (χ3v) is 9.03. The van der Waals surface area contributed by atoms with Crippen molar-refractivity contribution in [2.45, 2.75) is 24.0 Å². The Kier molecular flexibility index (Phi) is 5.77. The Morgan fingerprint density at radius 1 is 1.14 bits per heavy atom. The molecule has 29 heavy (non-hydrogen) atoms. The third kappa shape index (κ3) is 4.40. The van der Waals surface area contributed by atoms with Gasteiger partial charge in [-0.05, 0) is 31.2 Å². The number of anilines is 1. The molecule has 7 nitrogen and oxygen atoms in total. The quantitative estimate of drug-likeness (QED) is 0.644. The first kappa shape index (κ1) is 20.1. The summed E-state index contributed by atoms with van der Waals surface area (Å²) >= 11 is 2.54. The van der Waals surface area contributed by atoms with Crippen LogP contribution >= 0.6 is 22.7 Å². The Bertz CT molecular complexity index is 1080. The largest absolute Gasteiger partial charge is 0.300 e. The van der Waals surface area contributed by atoms with E-state index in [4.69, 9.17) is 0 Å². The molecule has 3 heterocycles. The second kappa shape index (κ2) is 8.31. The molecule has 1 aliphatic rings. The first-order valence-corrected chi connectivity index (χ1v) is 12.3. The number of nitrogens with zero attached hydrogens (tertiary/aromatic N) is 3. The molecule has 0 atom stereocenters. The highest BCUT2D eigenvalue weighted by molar-refractivity contribution is 7.91. The van der Waals surface area contributed by atoms with Gasteiger partial charge in [0.05, 0.1) is 0 Å². The van der Waals surface area contributed by atoms with Gasteiger partial charge in [-0.1, -0.05) is 47.2 Å². The summed E-state index contributed by atoms with van der Waals surface area (Å²) < 4.78 is 27.0. The topological polar surface area (TPSA) is 92.3 Å². The van der Waals surface area contributed by atoms with E-state index < -0.39 is 10.0 Å². The first-order valence-electron chi connectivity index (χ1n) is 9.18. The molecule has 0 spiro atoms. The Morgan fingerprint density at radius 2 is 1.86 bits per heavy atom. The van der Waals surface area contributed by atoms with Gasteiger partial charge in [0.1, 0.15) is 9.22 Å². The van der Waals surface area contributed by atoms with Crippen LogP contribution in [0.5, 0.6) is 0 Å². The summed E-state index contributed by atoms with van der Waals surface area (Å²) in [5, 5.41) is 14.0. The fourth-order valence-corrected chi connectivity index (χ4v) is 6.56. The van der Waals surface area contributed by atoms with Crippen LogP contribution in [0.1, 0.15) is 18.4 Å². The number of amides is 1. The van der Waals surface area contributed by atoms with E-state index >= 15 is 0 Å². The van der Waals surface area contributed by atoms with Crippen molar-refractivity contribution in [3.63, 3.8) is 0 Å². The van der Waals surface area contributed by atoms with Crippen molar-refractivity contribution in [2.24, 2.45) is 5.92 Å². The molecule has 152 valence electrons. The van der Waals surface area contributed by atoms with Gasteiger partial charge in [0.25, 0.3) is 10.0 Å². The number of hydrogen-bond acceptors (Lipinski definition) is 7. The van der Waals surface area contributed by atoms with E-state index in [2.05, 4.69) is 15.5 Å². The molecule has 3 aromatic rings. The highest BCUT2D eigenvalue weighted by Crippen LogP contribution is 2.29. The average molecular weight is 449 g/mol. The second-order valence-electron chi connectivity index (χ2n) is 6.88. The fourth-order valence-electron chi connectivity index (χ4n) is 3.19. The smallest absolute Gasteiger partial charge is 0.252 e. The van der Waals surface area contributed by atoms with Gasteiger partial charge in [0.2, 0.25) is 11.0 Å². The molecule has 1 N–H and O–H groups in total. The van der Waals surface area contributed by atoms with Gasteiger partial charge in [-0.15, -0.1) is 21.5 Å². The van der Waals surface area contributed by atoms with E-state index in [1.807, 2.05) is 31.2 Å². The highest BCUT2D eigenvalue weighted by Gasteiger charge is 2.32. The van der Waals surface area contributed by atoms with Crippen molar-refractivity contribution < 1.29 is 13.2 Å². The monoisotopic (exact) mass is 448 g/mol. The number of piperidine rings is 1. The Balaban J connectivity index is 1.35. The average Bonchev–Trinajstić information content (AvgIpc) is 3.41. The van der Waals surface area contributed by atoms with Gasteiger partial charge >= 0.3 is 0 Å². The summed E-state index contributed by atoms with van der Waals surface area (Å²) in [5.74, 6) is -0.374. The number of thiophene rings is 1. The molecule has 0 unspecified atom stereocenters. The van der Waals surface area contributed by atoms with Gasteiger partial charge in [-0.2, -0.15) is 4.31 Å². The second-order valence-corrected chi connectivity index (χ2v) is 11.0. The minimum atomic E-state index is -3.46. The van der Waals surface area contributed by atoms with Crippen molar-refractivity contribution in [3.8, 4) is 10.6 Å². The highest BCUT2D eigenvalue weighted by atomic mass is 32.2. The predicted octanol–water partition coefficient (Wildman–Crippen LogP) is 3.61. The zero-order valence-electron chi connectivity index (χ0n) is 15.7. The van der Waals surface area contributed by atoms with Crippen molar-refractivity contribution >= 4 is 43.7 Å². The molecule has 1 aromatic carbocycles. The lowest BCUT2D eigenvalue weighted by Gasteiger charge is -2.29. The normalized spacial score (nSPS) is 16.0. The van der Waals surface area contributed by atoms with Crippen molar-refractivity contribution in [3.05, 3.63) is 47.3 Å². The minimum Gasteiger partial charge on any atom is -0.300 e. The number of carbonyl (C=O) groups is 1. The number of hydrogen-bond donors (Lipinski definition) is 1. The van der Waals surface area contributed by atoms with E-state index in [-0.39, 0.29) is 11.8 Å². The van der Waals surface area contributed by atoms with E-state index in [9.17, 15) is 13.2 Å². The van der Waals surface area contributed by atoms with E-state index in [0.717, 1.165) is 10.6 Å². The zero-order valence-corrected chi connectivity index (χ0v) is 18.2. The van der Waals surface area contributed by atoms with E-state index in [0.29, 0.717) is 35.3 Å². The number of carbonyl (C=O) groups excluding carboxylic acids is 1. The molecule has 10 heteroatoms. The Labute approximate surface area is 177 Å². The maximum absolute atomic E-state index is 12.6. The molecule has 0 radical (unpaired) electrons.